The Hall–Kier alpha value is -2.73. The van der Waals surface area contributed by atoms with Crippen molar-refractivity contribution in [3.05, 3.63) is 28.1 Å². The van der Waals surface area contributed by atoms with Crippen LogP contribution in [0.15, 0.2) is 4.42 Å². The number of aryl methyl sites for hydroxylation is 2. The Morgan fingerprint density at radius 2 is 2.12 bits per heavy atom. The summed E-state index contributed by atoms with van der Waals surface area (Å²) in [6.07, 6.45) is -2.54. The first-order valence-corrected chi connectivity index (χ1v) is 11.0. The lowest BCUT2D eigenvalue weighted by molar-refractivity contribution is -0.0395. The number of aromatic nitrogens is 3. The summed E-state index contributed by atoms with van der Waals surface area (Å²) < 4.78 is 41.6. The number of imidazole rings is 1. The summed E-state index contributed by atoms with van der Waals surface area (Å²) in [6, 6.07) is -0.418. The number of oxazole rings is 1. The lowest BCUT2D eigenvalue weighted by Crippen LogP contribution is -2.55. The summed E-state index contributed by atoms with van der Waals surface area (Å²) in [7, 11) is 0. The summed E-state index contributed by atoms with van der Waals surface area (Å²) in [5, 5.41) is 2.99. The number of amides is 1. The molecule has 2 unspecified atom stereocenters. The molecule has 0 aliphatic carbocycles. The molecule has 13 heteroatoms. The number of nitrogens with zero attached hydrogens (tertiary/aromatic N) is 3. The van der Waals surface area contributed by atoms with Gasteiger partial charge in [0, 0.05) is 6.54 Å². The van der Waals surface area contributed by atoms with Crippen LogP contribution in [0.2, 0.25) is 5.15 Å². The fourth-order valence-electron chi connectivity index (χ4n) is 3.49. The Labute approximate surface area is 194 Å². The number of alkyl halides is 2. The lowest BCUT2D eigenvalue weighted by Gasteiger charge is -2.37. The van der Waals surface area contributed by atoms with E-state index in [0.29, 0.717) is 30.8 Å². The molecular weight excluding hydrogens is 464 g/mol. The predicted octanol–water partition coefficient (Wildman–Crippen LogP) is 2.76. The van der Waals surface area contributed by atoms with Gasteiger partial charge in [0.2, 0.25) is 5.76 Å². The molecule has 1 aliphatic rings. The highest BCUT2D eigenvalue weighted by molar-refractivity contribution is 6.30. The molecule has 10 nitrogen and oxygen atoms in total. The van der Waals surface area contributed by atoms with Gasteiger partial charge in [0.05, 0.1) is 36.7 Å². The molecule has 2 aromatic rings. The summed E-state index contributed by atoms with van der Waals surface area (Å²) >= 11 is 6.00. The zero-order chi connectivity index (χ0) is 24.1. The van der Waals surface area contributed by atoms with E-state index in [1.54, 1.807) is 18.7 Å². The second kappa shape index (κ2) is 10.9. The first-order valence-electron chi connectivity index (χ1n) is 10.6. The Kier molecular flexibility index (Phi) is 8.25. The third-order valence-corrected chi connectivity index (χ3v) is 5.44. The number of ether oxygens (including phenoxy) is 2. The van der Waals surface area contributed by atoms with Gasteiger partial charge in [-0.25, -0.2) is 18.6 Å². The number of aromatic amines is 1. The van der Waals surface area contributed by atoms with E-state index in [2.05, 4.69) is 20.3 Å². The topological polar surface area (TPSA) is 123 Å². The smallest absolute Gasteiger partial charge is 0.376 e. The van der Waals surface area contributed by atoms with E-state index in [1.165, 1.54) is 0 Å². The molecule has 3 heterocycles. The largest absolute Gasteiger partial charge is 0.460 e. The van der Waals surface area contributed by atoms with Crippen molar-refractivity contribution in [3.8, 4) is 0 Å². The highest BCUT2D eigenvalue weighted by atomic mass is 35.5. The molecule has 1 aliphatic heterocycles. The summed E-state index contributed by atoms with van der Waals surface area (Å²) in [5.41, 5.74) is 0.976. The van der Waals surface area contributed by atoms with Crippen LogP contribution < -0.4 is 10.2 Å². The van der Waals surface area contributed by atoms with Crippen molar-refractivity contribution in [2.75, 3.05) is 31.2 Å². The van der Waals surface area contributed by atoms with E-state index in [-0.39, 0.29) is 35.9 Å². The minimum Gasteiger partial charge on any atom is -0.460 e. The van der Waals surface area contributed by atoms with Crippen LogP contribution in [0.3, 0.4) is 0 Å². The van der Waals surface area contributed by atoms with E-state index in [1.807, 2.05) is 6.92 Å². The Morgan fingerprint density at radius 3 is 2.76 bits per heavy atom. The molecule has 3 rings (SSSR count). The maximum atomic E-state index is 12.8. The van der Waals surface area contributed by atoms with E-state index in [4.69, 9.17) is 25.5 Å². The number of anilines is 1. The second-order valence-corrected chi connectivity index (χ2v) is 7.78. The maximum Gasteiger partial charge on any atom is 0.376 e. The third kappa shape index (κ3) is 5.99. The van der Waals surface area contributed by atoms with Gasteiger partial charge in [-0.15, -0.1) is 0 Å². The van der Waals surface area contributed by atoms with Gasteiger partial charge >= 0.3 is 5.97 Å². The Balaban J connectivity index is 1.73. The van der Waals surface area contributed by atoms with E-state index in [0.717, 1.165) is 0 Å². The van der Waals surface area contributed by atoms with Crippen molar-refractivity contribution in [2.45, 2.75) is 52.2 Å². The van der Waals surface area contributed by atoms with Crippen molar-refractivity contribution in [1.29, 1.82) is 0 Å². The first-order chi connectivity index (χ1) is 15.7. The molecule has 2 atom stereocenters. The molecule has 33 heavy (non-hydrogen) atoms. The van der Waals surface area contributed by atoms with Crippen LogP contribution in [0.5, 0.6) is 0 Å². The van der Waals surface area contributed by atoms with Crippen molar-refractivity contribution in [2.24, 2.45) is 0 Å². The van der Waals surface area contributed by atoms with Crippen LogP contribution in [-0.2, 0) is 15.9 Å². The predicted molar refractivity (Wildman–Crippen MR) is 114 cm³/mol. The van der Waals surface area contributed by atoms with Gasteiger partial charge in [0.1, 0.15) is 6.61 Å². The van der Waals surface area contributed by atoms with Crippen molar-refractivity contribution in [3.63, 3.8) is 0 Å². The third-order valence-electron chi connectivity index (χ3n) is 5.13. The van der Waals surface area contributed by atoms with E-state index < -0.39 is 37.1 Å². The van der Waals surface area contributed by atoms with Crippen LogP contribution >= 0.6 is 11.6 Å². The van der Waals surface area contributed by atoms with Crippen LogP contribution in [0.1, 0.15) is 52.8 Å². The molecule has 0 radical (unpaired) electrons. The number of H-pyrrole nitrogens is 1. The van der Waals surface area contributed by atoms with Gasteiger partial charge in [0.25, 0.3) is 18.3 Å². The highest BCUT2D eigenvalue weighted by Gasteiger charge is 2.35. The fourth-order valence-corrected chi connectivity index (χ4v) is 3.76. The number of halogens is 3. The average molecular weight is 490 g/mol. The van der Waals surface area contributed by atoms with Gasteiger partial charge in [-0.1, -0.05) is 18.5 Å². The number of hydrogen-bond acceptors (Lipinski definition) is 8. The van der Waals surface area contributed by atoms with E-state index in [9.17, 15) is 18.4 Å². The summed E-state index contributed by atoms with van der Waals surface area (Å²) in [4.78, 5) is 37.5. The maximum absolute atomic E-state index is 12.8. The number of rotatable bonds is 9. The van der Waals surface area contributed by atoms with Crippen LogP contribution in [0.25, 0.3) is 0 Å². The van der Waals surface area contributed by atoms with Gasteiger partial charge in [-0.2, -0.15) is 4.98 Å². The molecule has 2 aromatic heterocycles. The zero-order valence-electron chi connectivity index (χ0n) is 18.5. The fraction of sp³-hybridized carbons (Fsp3) is 0.600. The molecular formula is C20H26ClF2N5O5. The second-order valence-electron chi connectivity index (χ2n) is 7.42. The molecule has 0 aromatic carbocycles. The van der Waals surface area contributed by atoms with Gasteiger partial charge < -0.3 is 29.1 Å². The number of esters is 1. The zero-order valence-corrected chi connectivity index (χ0v) is 19.2. The number of piperidine rings is 1. The quantitative estimate of drug-likeness (QED) is 0.515. The summed E-state index contributed by atoms with van der Waals surface area (Å²) in [6.45, 7) is 5.02. The normalized spacial score (nSPS) is 18.6. The molecule has 0 saturated carbocycles. The molecule has 1 fully saturated rings. The molecule has 2 N–H and O–H groups in total. The Bertz CT molecular complexity index is 982. The van der Waals surface area contributed by atoms with Crippen molar-refractivity contribution < 1.29 is 32.3 Å². The Morgan fingerprint density at radius 1 is 1.36 bits per heavy atom. The molecule has 0 spiro atoms. The average Bonchev–Trinajstić information content (AvgIpc) is 3.35. The lowest BCUT2D eigenvalue weighted by atomic mass is 10.0. The molecule has 1 amide bonds. The molecule has 0 bridgehead atoms. The molecule has 182 valence electrons. The number of carbonyl (C=O) groups is 2. The standard InChI is InChI=1S/C20H26ClF2N5O5/c1-4-11-16(21)27-17(25-11)18(29)26-12-6-7-28(8-13(12)32-9-14(22)23)20-24-10(3)15(33-20)19(30)31-5-2/h12-14H,4-9H2,1-3H3,(H,25,27)(H,26,29). The molecule has 1 saturated heterocycles. The number of hydrogen-bond donors (Lipinski definition) is 2. The SMILES string of the molecule is CCOC(=O)c1oc(N2CCC(NC(=O)c3nc(Cl)c(CC)[nH]3)C(OCC(F)F)C2)nc1C. The van der Waals surface area contributed by atoms with Crippen LogP contribution in [0, 0.1) is 6.92 Å². The van der Waals surface area contributed by atoms with Crippen molar-refractivity contribution in [1.82, 2.24) is 20.3 Å². The minimum atomic E-state index is -2.67. The van der Waals surface area contributed by atoms with Gasteiger partial charge in [0.15, 0.2) is 11.0 Å². The van der Waals surface area contributed by atoms with Crippen molar-refractivity contribution >= 4 is 29.5 Å². The van der Waals surface area contributed by atoms with Crippen LogP contribution in [0.4, 0.5) is 14.8 Å². The monoisotopic (exact) mass is 489 g/mol. The van der Waals surface area contributed by atoms with Gasteiger partial charge in [-0.05, 0) is 26.7 Å². The van der Waals surface area contributed by atoms with Crippen LogP contribution in [-0.4, -0.2) is 71.7 Å². The summed E-state index contributed by atoms with van der Waals surface area (Å²) in [5.74, 6) is -1.13. The number of nitrogens with one attached hydrogen (secondary N) is 2. The van der Waals surface area contributed by atoms with E-state index >= 15 is 0 Å². The van der Waals surface area contributed by atoms with Gasteiger partial charge in [-0.3, -0.25) is 4.79 Å². The minimum absolute atomic E-state index is 0.0197. The number of carbonyl (C=O) groups excluding carboxylic acids is 2. The highest BCUT2D eigenvalue weighted by Crippen LogP contribution is 2.25. The first kappa shape index (κ1) is 24.9.